The van der Waals surface area contributed by atoms with E-state index in [1.807, 2.05) is 0 Å². The summed E-state index contributed by atoms with van der Waals surface area (Å²) >= 11 is 23.6. The van der Waals surface area contributed by atoms with Crippen molar-refractivity contribution >= 4 is 69.0 Å². The molecule has 24 heavy (non-hydrogen) atoms. The first-order chi connectivity index (χ1) is 11.3. The molecule has 0 saturated carbocycles. The first-order valence-electron chi connectivity index (χ1n) is 6.54. The van der Waals surface area contributed by atoms with Crippen LogP contribution in [0, 0.1) is 0 Å². The lowest BCUT2D eigenvalue weighted by Crippen LogP contribution is -2.20. The van der Waals surface area contributed by atoms with Gasteiger partial charge in [0.1, 0.15) is 5.56 Å². The van der Waals surface area contributed by atoms with Gasteiger partial charge in [0, 0.05) is 16.1 Å². The van der Waals surface area contributed by atoms with Crippen molar-refractivity contribution in [2.45, 2.75) is 0 Å². The van der Waals surface area contributed by atoms with E-state index in [9.17, 15) is 9.59 Å². The number of hydrogen-bond donors (Lipinski definition) is 1. The van der Waals surface area contributed by atoms with Gasteiger partial charge in [0.25, 0.3) is 5.91 Å². The lowest BCUT2D eigenvalue weighted by Gasteiger charge is -2.07. The van der Waals surface area contributed by atoms with Crippen molar-refractivity contribution in [1.82, 2.24) is 0 Å². The summed E-state index contributed by atoms with van der Waals surface area (Å²) < 4.78 is 5.13. The number of halogens is 4. The molecule has 0 aliphatic carbocycles. The van der Waals surface area contributed by atoms with Crippen molar-refractivity contribution in [2.24, 2.45) is 0 Å². The Hall–Kier alpha value is -1.72. The molecule has 0 aliphatic heterocycles. The van der Waals surface area contributed by atoms with E-state index in [1.54, 1.807) is 12.1 Å². The molecule has 0 aliphatic rings. The van der Waals surface area contributed by atoms with E-state index in [4.69, 9.17) is 50.8 Å². The number of fused-ring (bicyclic) bond motifs is 1. The Labute approximate surface area is 155 Å². The number of anilines is 1. The summed E-state index contributed by atoms with van der Waals surface area (Å²) in [6.45, 7) is 0. The Balaban J connectivity index is 2.01. The van der Waals surface area contributed by atoms with Gasteiger partial charge in [-0.2, -0.15) is 0 Å². The molecule has 0 bridgehead atoms. The van der Waals surface area contributed by atoms with Crippen LogP contribution in [-0.4, -0.2) is 5.91 Å². The topological polar surface area (TPSA) is 59.3 Å². The fourth-order valence-corrected chi connectivity index (χ4v) is 2.93. The molecule has 0 saturated heterocycles. The van der Waals surface area contributed by atoms with Crippen LogP contribution in [0.1, 0.15) is 10.4 Å². The van der Waals surface area contributed by atoms with Crippen LogP contribution in [0.15, 0.2) is 45.6 Å². The number of carbonyl (C=O) groups is 1. The second-order valence-corrected chi connectivity index (χ2v) is 6.49. The molecule has 0 atom stereocenters. The molecule has 1 heterocycles. The average molecular weight is 403 g/mol. The van der Waals surface area contributed by atoms with E-state index in [0.29, 0.717) is 21.1 Å². The number of rotatable bonds is 2. The summed E-state index contributed by atoms with van der Waals surface area (Å²) in [6.07, 6.45) is 0. The average Bonchev–Trinajstić information content (AvgIpc) is 2.51. The molecule has 0 spiro atoms. The predicted molar refractivity (Wildman–Crippen MR) is 96.9 cm³/mol. The van der Waals surface area contributed by atoms with Crippen LogP contribution in [0.4, 0.5) is 5.69 Å². The summed E-state index contributed by atoms with van der Waals surface area (Å²) in [5, 5.41) is 4.16. The lowest BCUT2D eigenvalue weighted by molar-refractivity contribution is 0.102. The standard InChI is InChI=1S/C16H7Cl4NO3/c17-8-3-7-4-10(16(23)24-14(7)13(20)5-8)15(22)21-9-1-2-11(18)12(19)6-9/h1-6H,(H,21,22). The van der Waals surface area contributed by atoms with E-state index in [1.165, 1.54) is 24.3 Å². The highest BCUT2D eigenvalue weighted by molar-refractivity contribution is 6.42. The largest absolute Gasteiger partial charge is 0.421 e. The molecule has 0 fully saturated rings. The molecule has 2 aromatic carbocycles. The normalized spacial score (nSPS) is 10.8. The van der Waals surface area contributed by atoms with Gasteiger partial charge < -0.3 is 9.73 Å². The molecule has 0 unspecified atom stereocenters. The van der Waals surface area contributed by atoms with Crippen LogP contribution in [0.5, 0.6) is 0 Å². The molecule has 3 aromatic rings. The summed E-state index contributed by atoms with van der Waals surface area (Å²) in [7, 11) is 0. The van der Waals surface area contributed by atoms with Crippen molar-refractivity contribution < 1.29 is 9.21 Å². The maximum absolute atomic E-state index is 12.3. The van der Waals surface area contributed by atoms with Gasteiger partial charge in [-0.3, -0.25) is 4.79 Å². The van der Waals surface area contributed by atoms with Crippen LogP contribution in [0.3, 0.4) is 0 Å². The summed E-state index contributed by atoms with van der Waals surface area (Å²) in [4.78, 5) is 24.4. The number of amides is 1. The zero-order valence-electron chi connectivity index (χ0n) is 11.7. The van der Waals surface area contributed by atoms with Crippen LogP contribution >= 0.6 is 46.4 Å². The maximum Gasteiger partial charge on any atom is 0.349 e. The van der Waals surface area contributed by atoms with E-state index in [0.717, 1.165) is 0 Å². The third kappa shape index (κ3) is 3.37. The van der Waals surface area contributed by atoms with Gasteiger partial charge in [-0.15, -0.1) is 0 Å². The number of benzene rings is 2. The fraction of sp³-hybridized carbons (Fsp3) is 0. The van der Waals surface area contributed by atoms with Crippen LogP contribution in [0.2, 0.25) is 20.1 Å². The van der Waals surface area contributed by atoms with Crippen molar-refractivity contribution in [3.8, 4) is 0 Å². The van der Waals surface area contributed by atoms with Crippen LogP contribution in [-0.2, 0) is 0 Å². The lowest BCUT2D eigenvalue weighted by atomic mass is 10.1. The molecule has 1 N–H and O–H groups in total. The zero-order valence-corrected chi connectivity index (χ0v) is 14.7. The van der Waals surface area contributed by atoms with Gasteiger partial charge in [-0.25, -0.2) is 4.79 Å². The Morgan fingerprint density at radius 3 is 2.38 bits per heavy atom. The first-order valence-corrected chi connectivity index (χ1v) is 8.05. The van der Waals surface area contributed by atoms with E-state index < -0.39 is 11.5 Å². The summed E-state index contributed by atoms with van der Waals surface area (Å²) in [5.41, 5.74) is -0.452. The zero-order chi connectivity index (χ0) is 17.4. The maximum atomic E-state index is 12.3. The molecule has 3 rings (SSSR count). The Morgan fingerprint density at radius 2 is 1.67 bits per heavy atom. The third-order valence-corrected chi connectivity index (χ3v) is 4.41. The molecular formula is C16H7Cl4NO3. The third-order valence-electron chi connectivity index (χ3n) is 3.17. The highest BCUT2D eigenvalue weighted by Crippen LogP contribution is 2.28. The van der Waals surface area contributed by atoms with E-state index in [-0.39, 0.29) is 21.2 Å². The highest BCUT2D eigenvalue weighted by Gasteiger charge is 2.16. The van der Waals surface area contributed by atoms with Gasteiger partial charge in [-0.1, -0.05) is 46.4 Å². The summed E-state index contributed by atoms with van der Waals surface area (Å²) in [5.74, 6) is -0.653. The predicted octanol–water partition coefficient (Wildman–Crippen LogP) is 5.66. The molecule has 1 amide bonds. The van der Waals surface area contributed by atoms with Crippen molar-refractivity contribution in [3.63, 3.8) is 0 Å². The Morgan fingerprint density at radius 1 is 0.917 bits per heavy atom. The Bertz CT molecular complexity index is 1030. The SMILES string of the molecule is O=C(Nc1ccc(Cl)c(Cl)c1)c1cc2cc(Cl)cc(Cl)c2oc1=O. The molecular weight excluding hydrogens is 396 g/mol. The van der Waals surface area contributed by atoms with Gasteiger partial charge in [-0.05, 0) is 36.4 Å². The smallest absolute Gasteiger partial charge is 0.349 e. The molecule has 0 radical (unpaired) electrons. The fourth-order valence-electron chi connectivity index (χ4n) is 2.09. The minimum atomic E-state index is -0.815. The van der Waals surface area contributed by atoms with Gasteiger partial charge in [0.2, 0.25) is 0 Å². The molecule has 1 aromatic heterocycles. The molecule has 4 nitrogen and oxygen atoms in total. The van der Waals surface area contributed by atoms with Gasteiger partial charge in [0.05, 0.1) is 15.1 Å². The number of carbonyl (C=O) groups excluding carboxylic acids is 1. The van der Waals surface area contributed by atoms with Gasteiger partial charge >= 0.3 is 5.63 Å². The number of nitrogens with one attached hydrogen (secondary N) is 1. The quantitative estimate of drug-likeness (QED) is 0.562. The minimum Gasteiger partial charge on any atom is -0.421 e. The second kappa shape index (κ2) is 6.65. The highest BCUT2D eigenvalue weighted by atomic mass is 35.5. The summed E-state index contributed by atoms with van der Waals surface area (Å²) in [6, 6.07) is 8.92. The van der Waals surface area contributed by atoms with Crippen LogP contribution < -0.4 is 10.9 Å². The molecule has 8 heteroatoms. The van der Waals surface area contributed by atoms with Crippen molar-refractivity contribution in [3.05, 3.63) is 72.5 Å². The Kier molecular flexibility index (Phi) is 4.74. The molecule has 122 valence electrons. The van der Waals surface area contributed by atoms with Gasteiger partial charge in [0.15, 0.2) is 5.58 Å². The second-order valence-electron chi connectivity index (χ2n) is 4.84. The van der Waals surface area contributed by atoms with Crippen LogP contribution in [0.25, 0.3) is 11.0 Å². The van der Waals surface area contributed by atoms with E-state index in [2.05, 4.69) is 5.32 Å². The van der Waals surface area contributed by atoms with E-state index >= 15 is 0 Å². The first kappa shape index (κ1) is 17.1. The van der Waals surface area contributed by atoms with Crippen molar-refractivity contribution in [2.75, 3.05) is 5.32 Å². The van der Waals surface area contributed by atoms with Crippen molar-refractivity contribution in [1.29, 1.82) is 0 Å². The monoisotopic (exact) mass is 401 g/mol. The number of hydrogen-bond acceptors (Lipinski definition) is 3. The minimum absolute atomic E-state index is 0.164.